The van der Waals surface area contributed by atoms with Gasteiger partial charge in [-0.3, -0.25) is 14.5 Å². The molecule has 0 aromatic carbocycles. The van der Waals surface area contributed by atoms with Crippen LogP contribution in [0.1, 0.15) is 12.8 Å². The highest BCUT2D eigenvalue weighted by atomic mass is 35.5. The van der Waals surface area contributed by atoms with Crippen molar-refractivity contribution in [1.29, 1.82) is 0 Å². The van der Waals surface area contributed by atoms with E-state index in [1.807, 2.05) is 11.9 Å². The van der Waals surface area contributed by atoms with Crippen LogP contribution < -0.4 is 10.6 Å². The Labute approximate surface area is 151 Å². The van der Waals surface area contributed by atoms with E-state index in [-0.39, 0.29) is 36.6 Å². The quantitative estimate of drug-likeness (QED) is 0.545. The van der Waals surface area contributed by atoms with Crippen LogP contribution in [0.2, 0.25) is 0 Å². The van der Waals surface area contributed by atoms with E-state index in [0.29, 0.717) is 39.2 Å². The molecule has 1 aliphatic rings. The summed E-state index contributed by atoms with van der Waals surface area (Å²) >= 11 is 0. The molecule has 1 aliphatic heterocycles. The van der Waals surface area contributed by atoms with Crippen LogP contribution >= 0.6 is 24.8 Å². The summed E-state index contributed by atoms with van der Waals surface area (Å²) in [6.07, 6.45) is 1.47. The minimum absolute atomic E-state index is 0. The monoisotopic (exact) mass is 372 g/mol. The van der Waals surface area contributed by atoms with Gasteiger partial charge in [-0.25, -0.2) is 0 Å². The molecule has 9 heteroatoms. The molecule has 0 atom stereocenters. The lowest BCUT2D eigenvalue weighted by Crippen LogP contribution is -2.51. The van der Waals surface area contributed by atoms with Crippen LogP contribution in [0.4, 0.5) is 0 Å². The standard InChI is InChI=1S/C14H28N4O3.2ClH/c1-15-5-3-4-14(20)18-9-7-17(8-10-18)12-13(19)16-6-11-21-2;;/h15H,3-12H2,1-2H3,(H,16,19);2*1H. The Morgan fingerprint density at radius 1 is 1.09 bits per heavy atom. The molecule has 0 unspecified atom stereocenters. The second-order valence-electron chi connectivity index (χ2n) is 5.21. The van der Waals surface area contributed by atoms with Gasteiger partial charge in [0.1, 0.15) is 0 Å². The molecule has 1 heterocycles. The number of hydrogen-bond acceptors (Lipinski definition) is 5. The van der Waals surface area contributed by atoms with E-state index >= 15 is 0 Å². The fraction of sp³-hybridized carbons (Fsp3) is 0.857. The topological polar surface area (TPSA) is 73.9 Å². The normalized spacial score (nSPS) is 14.6. The van der Waals surface area contributed by atoms with E-state index in [1.165, 1.54) is 0 Å². The number of carbonyl (C=O) groups is 2. The summed E-state index contributed by atoms with van der Waals surface area (Å²) in [6.45, 7) is 5.27. The zero-order valence-electron chi connectivity index (χ0n) is 14.0. The Morgan fingerprint density at radius 3 is 2.30 bits per heavy atom. The van der Waals surface area contributed by atoms with Crippen molar-refractivity contribution in [3.63, 3.8) is 0 Å². The summed E-state index contributed by atoms with van der Waals surface area (Å²) in [6, 6.07) is 0. The minimum Gasteiger partial charge on any atom is -0.383 e. The number of nitrogens with zero attached hydrogens (tertiary/aromatic N) is 2. The zero-order chi connectivity index (χ0) is 15.5. The number of nitrogens with one attached hydrogen (secondary N) is 2. The van der Waals surface area contributed by atoms with Gasteiger partial charge in [-0.15, -0.1) is 24.8 Å². The predicted molar refractivity (Wildman–Crippen MR) is 95.6 cm³/mol. The number of carbonyl (C=O) groups excluding carboxylic acids is 2. The smallest absolute Gasteiger partial charge is 0.234 e. The molecule has 0 radical (unpaired) electrons. The largest absolute Gasteiger partial charge is 0.383 e. The van der Waals surface area contributed by atoms with Crippen LogP contribution in [0.25, 0.3) is 0 Å². The maximum Gasteiger partial charge on any atom is 0.234 e. The maximum atomic E-state index is 12.0. The molecule has 138 valence electrons. The molecule has 2 amide bonds. The first-order valence-corrected chi connectivity index (χ1v) is 7.57. The van der Waals surface area contributed by atoms with Gasteiger partial charge in [-0.1, -0.05) is 0 Å². The van der Waals surface area contributed by atoms with Crippen LogP contribution in [-0.2, 0) is 14.3 Å². The van der Waals surface area contributed by atoms with Crippen molar-refractivity contribution in [1.82, 2.24) is 20.4 Å². The Balaban J connectivity index is 0. The van der Waals surface area contributed by atoms with Crippen molar-refractivity contribution in [3.05, 3.63) is 0 Å². The highest BCUT2D eigenvalue weighted by molar-refractivity contribution is 5.85. The maximum absolute atomic E-state index is 12.0. The molecule has 0 spiro atoms. The Morgan fingerprint density at radius 2 is 1.74 bits per heavy atom. The van der Waals surface area contributed by atoms with Gasteiger partial charge in [-0.2, -0.15) is 0 Å². The van der Waals surface area contributed by atoms with E-state index in [0.717, 1.165) is 26.1 Å². The van der Waals surface area contributed by atoms with Crippen molar-refractivity contribution in [3.8, 4) is 0 Å². The first-order valence-electron chi connectivity index (χ1n) is 7.57. The summed E-state index contributed by atoms with van der Waals surface area (Å²) in [7, 11) is 3.50. The average molecular weight is 373 g/mol. The van der Waals surface area contributed by atoms with Crippen molar-refractivity contribution < 1.29 is 14.3 Å². The Hall–Kier alpha value is -0.600. The van der Waals surface area contributed by atoms with Gasteiger partial charge in [0, 0.05) is 46.3 Å². The lowest BCUT2D eigenvalue weighted by molar-refractivity contribution is -0.133. The average Bonchev–Trinajstić information content (AvgIpc) is 2.48. The summed E-state index contributed by atoms with van der Waals surface area (Å²) in [5.74, 6) is 0.232. The number of piperazine rings is 1. The number of ether oxygens (including phenoxy) is 1. The second kappa shape index (κ2) is 15.0. The van der Waals surface area contributed by atoms with Crippen LogP contribution in [-0.4, -0.2) is 88.2 Å². The predicted octanol–water partition coefficient (Wildman–Crippen LogP) is -0.264. The summed E-state index contributed by atoms with van der Waals surface area (Å²) in [5, 5.41) is 5.85. The molecule has 0 aromatic heterocycles. The third kappa shape index (κ3) is 10.7. The molecular weight excluding hydrogens is 343 g/mol. The molecule has 0 bridgehead atoms. The van der Waals surface area contributed by atoms with E-state index in [1.54, 1.807) is 7.11 Å². The van der Waals surface area contributed by atoms with Gasteiger partial charge in [-0.05, 0) is 20.0 Å². The van der Waals surface area contributed by atoms with Gasteiger partial charge in [0.25, 0.3) is 0 Å². The van der Waals surface area contributed by atoms with Crippen LogP contribution in [0.3, 0.4) is 0 Å². The van der Waals surface area contributed by atoms with Crippen molar-refractivity contribution in [2.75, 3.05) is 66.6 Å². The molecule has 7 nitrogen and oxygen atoms in total. The van der Waals surface area contributed by atoms with E-state index in [4.69, 9.17) is 4.74 Å². The Kier molecular flexibility index (Phi) is 16.0. The molecule has 1 fully saturated rings. The number of amides is 2. The van der Waals surface area contributed by atoms with E-state index < -0.39 is 0 Å². The molecular formula is C14H30Cl2N4O3. The summed E-state index contributed by atoms with van der Waals surface area (Å²) < 4.78 is 4.89. The second-order valence-corrected chi connectivity index (χ2v) is 5.21. The molecule has 1 saturated heterocycles. The molecule has 0 saturated carbocycles. The van der Waals surface area contributed by atoms with E-state index in [9.17, 15) is 9.59 Å². The molecule has 0 aliphatic carbocycles. The van der Waals surface area contributed by atoms with Crippen LogP contribution in [0, 0.1) is 0 Å². The molecule has 0 aromatic rings. The van der Waals surface area contributed by atoms with Gasteiger partial charge in [0.2, 0.25) is 11.8 Å². The molecule has 2 N–H and O–H groups in total. The molecule has 23 heavy (non-hydrogen) atoms. The van der Waals surface area contributed by atoms with Gasteiger partial charge in [0.15, 0.2) is 0 Å². The first-order chi connectivity index (χ1) is 10.2. The van der Waals surface area contributed by atoms with E-state index in [2.05, 4.69) is 15.5 Å². The van der Waals surface area contributed by atoms with Crippen LogP contribution in [0.5, 0.6) is 0 Å². The highest BCUT2D eigenvalue weighted by Crippen LogP contribution is 2.04. The number of hydrogen-bond donors (Lipinski definition) is 2. The third-order valence-electron chi connectivity index (χ3n) is 3.54. The minimum atomic E-state index is 0. The lowest BCUT2D eigenvalue weighted by Gasteiger charge is -2.34. The number of rotatable bonds is 9. The fourth-order valence-corrected chi connectivity index (χ4v) is 2.28. The first kappa shape index (κ1) is 24.6. The molecule has 1 rings (SSSR count). The lowest BCUT2D eigenvalue weighted by atomic mass is 10.2. The summed E-state index contributed by atoms with van der Waals surface area (Å²) in [5.41, 5.74) is 0. The van der Waals surface area contributed by atoms with Crippen LogP contribution in [0.15, 0.2) is 0 Å². The Bertz CT molecular complexity index is 327. The zero-order valence-corrected chi connectivity index (χ0v) is 15.6. The van der Waals surface area contributed by atoms with Gasteiger partial charge in [0.05, 0.1) is 13.2 Å². The van der Waals surface area contributed by atoms with Gasteiger partial charge < -0.3 is 20.3 Å². The fourth-order valence-electron chi connectivity index (χ4n) is 2.28. The van der Waals surface area contributed by atoms with Crippen molar-refractivity contribution in [2.45, 2.75) is 12.8 Å². The highest BCUT2D eigenvalue weighted by Gasteiger charge is 2.21. The van der Waals surface area contributed by atoms with Crippen molar-refractivity contribution >= 4 is 36.6 Å². The van der Waals surface area contributed by atoms with Gasteiger partial charge >= 0.3 is 0 Å². The van der Waals surface area contributed by atoms with Crippen molar-refractivity contribution in [2.24, 2.45) is 0 Å². The summed E-state index contributed by atoms with van der Waals surface area (Å²) in [4.78, 5) is 27.6. The SMILES string of the molecule is CNCCCC(=O)N1CCN(CC(=O)NCCOC)CC1.Cl.Cl. The number of halogens is 2. The third-order valence-corrected chi connectivity index (χ3v) is 3.54. The number of methoxy groups -OCH3 is 1.